The van der Waals surface area contributed by atoms with Crippen LogP contribution in [0.15, 0.2) is 84.9 Å². The summed E-state index contributed by atoms with van der Waals surface area (Å²) in [6.07, 6.45) is 0.383. The van der Waals surface area contributed by atoms with Crippen molar-refractivity contribution in [2.75, 3.05) is 13.7 Å². The van der Waals surface area contributed by atoms with E-state index >= 15 is 0 Å². The van der Waals surface area contributed by atoms with E-state index in [4.69, 9.17) is 18.9 Å². The van der Waals surface area contributed by atoms with Gasteiger partial charge in [-0.2, -0.15) is 0 Å². The van der Waals surface area contributed by atoms with Gasteiger partial charge in [-0.25, -0.2) is 0 Å². The lowest BCUT2D eigenvalue weighted by atomic mass is 10.0. The Morgan fingerprint density at radius 3 is 1.65 bits per heavy atom. The Labute approximate surface area is 203 Å². The molecule has 3 rings (SSSR count). The second kappa shape index (κ2) is 14.5. The summed E-state index contributed by atoms with van der Waals surface area (Å²) in [4.78, 5) is 0. The molecular formula is C29H36O5. The fourth-order valence-corrected chi connectivity index (χ4v) is 3.84. The Morgan fingerprint density at radius 1 is 0.647 bits per heavy atom. The highest BCUT2D eigenvalue weighted by atomic mass is 16.6. The van der Waals surface area contributed by atoms with Gasteiger partial charge in [0.15, 0.2) is 0 Å². The molecule has 0 saturated carbocycles. The molecule has 0 amide bonds. The minimum Gasteiger partial charge on any atom is -0.497 e. The molecule has 3 unspecified atom stereocenters. The van der Waals surface area contributed by atoms with E-state index in [9.17, 15) is 5.11 Å². The highest BCUT2D eigenvalue weighted by Crippen LogP contribution is 2.22. The first-order valence-corrected chi connectivity index (χ1v) is 11.9. The molecule has 0 fully saturated rings. The summed E-state index contributed by atoms with van der Waals surface area (Å²) >= 11 is 0. The van der Waals surface area contributed by atoms with Crippen LogP contribution >= 0.6 is 0 Å². The zero-order valence-electron chi connectivity index (χ0n) is 20.1. The molecule has 0 heterocycles. The summed E-state index contributed by atoms with van der Waals surface area (Å²) in [7, 11) is 1.65. The van der Waals surface area contributed by atoms with E-state index in [0.717, 1.165) is 28.9 Å². The molecule has 0 aliphatic rings. The zero-order valence-corrected chi connectivity index (χ0v) is 20.1. The summed E-state index contributed by atoms with van der Waals surface area (Å²) in [5.41, 5.74) is 3.23. The number of aliphatic hydroxyl groups is 1. The average molecular weight is 465 g/mol. The largest absolute Gasteiger partial charge is 0.497 e. The van der Waals surface area contributed by atoms with Gasteiger partial charge < -0.3 is 24.1 Å². The van der Waals surface area contributed by atoms with Gasteiger partial charge in [-0.05, 0) is 41.7 Å². The first kappa shape index (κ1) is 25.9. The summed E-state index contributed by atoms with van der Waals surface area (Å²) < 4.78 is 24.3. The van der Waals surface area contributed by atoms with Gasteiger partial charge in [0.05, 0.1) is 39.1 Å². The molecule has 3 atom stereocenters. The van der Waals surface area contributed by atoms with Crippen LogP contribution in [-0.2, 0) is 34.0 Å². The molecule has 5 heteroatoms. The van der Waals surface area contributed by atoms with E-state index in [0.29, 0.717) is 26.2 Å². The molecule has 0 bridgehead atoms. The molecule has 1 N–H and O–H groups in total. The topological polar surface area (TPSA) is 57.2 Å². The lowest BCUT2D eigenvalue weighted by molar-refractivity contribution is -0.156. The highest BCUT2D eigenvalue weighted by molar-refractivity contribution is 5.26. The molecule has 3 aromatic rings. The summed E-state index contributed by atoms with van der Waals surface area (Å²) in [5.74, 6) is 0.806. The molecule has 0 spiro atoms. The highest BCUT2D eigenvalue weighted by Gasteiger charge is 2.31. The first-order valence-electron chi connectivity index (χ1n) is 11.9. The third kappa shape index (κ3) is 8.26. The zero-order chi connectivity index (χ0) is 24.0. The minimum atomic E-state index is -0.334. The predicted octanol–water partition coefficient (Wildman–Crippen LogP) is 5.54. The van der Waals surface area contributed by atoms with Crippen LogP contribution in [0.3, 0.4) is 0 Å². The van der Waals surface area contributed by atoms with Crippen molar-refractivity contribution in [3.8, 4) is 5.75 Å². The van der Waals surface area contributed by atoms with Gasteiger partial charge in [0.1, 0.15) is 11.9 Å². The van der Waals surface area contributed by atoms with E-state index < -0.39 is 0 Å². The summed E-state index contributed by atoms with van der Waals surface area (Å²) in [6, 6.07) is 28.0. The van der Waals surface area contributed by atoms with Gasteiger partial charge in [-0.3, -0.25) is 0 Å². The number of benzene rings is 3. The van der Waals surface area contributed by atoms with Crippen LogP contribution in [-0.4, -0.2) is 37.1 Å². The fourth-order valence-electron chi connectivity index (χ4n) is 3.84. The fraction of sp³-hybridized carbons (Fsp3) is 0.379. The van der Waals surface area contributed by atoms with Crippen molar-refractivity contribution in [1.29, 1.82) is 0 Å². The number of aliphatic hydroxyl groups excluding tert-OH is 1. The Hall–Kier alpha value is -2.70. The first-order chi connectivity index (χ1) is 16.7. The third-order valence-corrected chi connectivity index (χ3v) is 5.76. The molecular weight excluding hydrogens is 428 g/mol. The molecule has 0 radical (unpaired) electrons. The average Bonchev–Trinajstić information content (AvgIpc) is 2.90. The maximum Gasteiger partial charge on any atom is 0.118 e. The number of methoxy groups -OCH3 is 1. The van der Waals surface area contributed by atoms with Crippen molar-refractivity contribution in [3.05, 3.63) is 102 Å². The van der Waals surface area contributed by atoms with E-state index in [1.54, 1.807) is 7.11 Å². The van der Waals surface area contributed by atoms with Crippen molar-refractivity contribution in [3.63, 3.8) is 0 Å². The van der Waals surface area contributed by atoms with Crippen molar-refractivity contribution in [2.24, 2.45) is 0 Å². The van der Waals surface area contributed by atoms with Crippen molar-refractivity contribution >= 4 is 0 Å². The number of ether oxygens (including phenoxy) is 4. The maximum absolute atomic E-state index is 9.81. The van der Waals surface area contributed by atoms with Gasteiger partial charge in [-0.1, -0.05) is 79.7 Å². The minimum absolute atomic E-state index is 0.00754. The summed E-state index contributed by atoms with van der Waals surface area (Å²) in [5, 5.41) is 9.81. The quantitative estimate of drug-likeness (QED) is 0.320. The Bertz CT molecular complexity index is 914. The molecule has 0 saturated heterocycles. The number of rotatable bonds is 15. The molecule has 0 aliphatic heterocycles. The third-order valence-electron chi connectivity index (χ3n) is 5.76. The van der Waals surface area contributed by atoms with Crippen LogP contribution in [0.1, 0.15) is 36.5 Å². The summed E-state index contributed by atoms with van der Waals surface area (Å²) in [6.45, 7) is 3.45. The lowest BCUT2D eigenvalue weighted by Crippen LogP contribution is -2.43. The van der Waals surface area contributed by atoms with E-state index in [-0.39, 0.29) is 24.9 Å². The van der Waals surface area contributed by atoms with E-state index in [2.05, 4.69) is 19.1 Å². The van der Waals surface area contributed by atoms with Crippen LogP contribution in [0, 0.1) is 0 Å². The van der Waals surface area contributed by atoms with Gasteiger partial charge in [0, 0.05) is 6.61 Å². The van der Waals surface area contributed by atoms with Crippen LogP contribution in [0.2, 0.25) is 0 Å². The van der Waals surface area contributed by atoms with Gasteiger partial charge >= 0.3 is 0 Å². The normalized spacial score (nSPS) is 13.9. The molecule has 34 heavy (non-hydrogen) atoms. The van der Waals surface area contributed by atoms with Crippen molar-refractivity contribution in [1.82, 2.24) is 0 Å². The van der Waals surface area contributed by atoms with Crippen molar-refractivity contribution in [2.45, 2.75) is 57.9 Å². The second-order valence-electron chi connectivity index (χ2n) is 8.21. The monoisotopic (exact) mass is 464 g/mol. The lowest BCUT2D eigenvalue weighted by Gasteiger charge is -2.33. The van der Waals surface area contributed by atoms with E-state index in [1.165, 1.54) is 0 Å². The Kier molecular flexibility index (Phi) is 11.1. The van der Waals surface area contributed by atoms with Crippen LogP contribution in [0.5, 0.6) is 5.75 Å². The molecule has 182 valence electrons. The van der Waals surface area contributed by atoms with Gasteiger partial charge in [0.2, 0.25) is 0 Å². The van der Waals surface area contributed by atoms with E-state index in [1.807, 2.05) is 72.8 Å². The Balaban J connectivity index is 1.73. The molecule has 5 nitrogen and oxygen atoms in total. The second-order valence-corrected chi connectivity index (χ2v) is 8.21. The Morgan fingerprint density at radius 2 is 1.15 bits per heavy atom. The van der Waals surface area contributed by atoms with Crippen molar-refractivity contribution < 1.29 is 24.1 Å². The molecule has 0 aliphatic carbocycles. The smallest absolute Gasteiger partial charge is 0.118 e. The van der Waals surface area contributed by atoms with Gasteiger partial charge in [0.25, 0.3) is 0 Å². The standard InChI is InChI=1S/C29H36O5/c1-3-27(32-20-23-10-6-4-7-11-23)29(34-22-24-12-8-5-9-13-24)28(18-19-30)33-21-25-14-16-26(31-2)17-15-25/h4-17,27-30H,3,18-22H2,1-2H3. The molecule has 0 aromatic heterocycles. The van der Waals surface area contributed by atoms with Crippen LogP contribution < -0.4 is 4.74 Å². The number of hydrogen-bond acceptors (Lipinski definition) is 5. The SMILES string of the molecule is CCC(OCc1ccccc1)C(OCc1ccccc1)C(CCO)OCc1ccc(OC)cc1. The van der Waals surface area contributed by atoms with Gasteiger partial charge in [-0.15, -0.1) is 0 Å². The predicted molar refractivity (Wildman–Crippen MR) is 134 cm³/mol. The number of hydrogen-bond donors (Lipinski definition) is 1. The maximum atomic E-state index is 9.81. The molecule has 3 aromatic carbocycles. The van der Waals surface area contributed by atoms with Crippen LogP contribution in [0.25, 0.3) is 0 Å². The van der Waals surface area contributed by atoms with Crippen LogP contribution in [0.4, 0.5) is 0 Å².